The summed E-state index contributed by atoms with van der Waals surface area (Å²) in [5.74, 6) is -0.272. The van der Waals surface area contributed by atoms with E-state index in [2.05, 4.69) is 15.0 Å². The van der Waals surface area contributed by atoms with Gasteiger partial charge in [0.25, 0.3) is 0 Å². The molecule has 134 valence electrons. The lowest BCUT2D eigenvalue weighted by Crippen LogP contribution is -2.52. The molecule has 0 bridgehead atoms. The van der Waals surface area contributed by atoms with Gasteiger partial charge < -0.3 is 10.1 Å². The van der Waals surface area contributed by atoms with Crippen LogP contribution in [0.1, 0.15) is 19.4 Å². The molecule has 0 spiro atoms. The minimum absolute atomic E-state index is 0.200. The van der Waals surface area contributed by atoms with Crippen LogP contribution in [0.5, 0.6) is 5.88 Å². The molecule has 1 aromatic heterocycles. The van der Waals surface area contributed by atoms with Crippen LogP contribution in [0, 0.1) is 0 Å². The van der Waals surface area contributed by atoms with Gasteiger partial charge in [-0.3, -0.25) is 4.79 Å². The number of hydrogen-bond donors (Lipinski definition) is 2. The Bertz CT molecular complexity index is 819. The first-order valence-corrected chi connectivity index (χ1v) is 9.24. The first kappa shape index (κ1) is 18.9. The van der Waals surface area contributed by atoms with Gasteiger partial charge in [-0.15, -0.1) is 0 Å². The number of sulfonamides is 1. The maximum atomic E-state index is 12.4. The van der Waals surface area contributed by atoms with E-state index in [0.717, 1.165) is 0 Å². The molecule has 0 unspecified atom stereocenters. The molecule has 0 aliphatic heterocycles. The lowest BCUT2D eigenvalue weighted by molar-refractivity contribution is -0.120. The number of pyridine rings is 1. The third-order valence-corrected chi connectivity index (χ3v) is 4.92. The third kappa shape index (κ3) is 5.54. The van der Waals surface area contributed by atoms with Gasteiger partial charge in [0.15, 0.2) is 0 Å². The second-order valence-corrected chi connectivity index (χ2v) is 7.74. The maximum absolute atomic E-state index is 12.4. The van der Waals surface area contributed by atoms with Gasteiger partial charge in [-0.25, -0.2) is 13.4 Å². The monoisotopic (exact) mass is 363 g/mol. The highest BCUT2D eigenvalue weighted by atomic mass is 32.2. The van der Waals surface area contributed by atoms with Gasteiger partial charge in [-0.1, -0.05) is 30.3 Å². The molecule has 25 heavy (non-hydrogen) atoms. The van der Waals surface area contributed by atoms with Crippen molar-refractivity contribution < 1.29 is 17.9 Å². The summed E-state index contributed by atoms with van der Waals surface area (Å²) in [4.78, 5) is 16.4. The van der Waals surface area contributed by atoms with Crippen molar-refractivity contribution in [1.29, 1.82) is 0 Å². The molecule has 2 N–H and O–H groups in total. The summed E-state index contributed by atoms with van der Waals surface area (Å²) in [5, 5.41) is 2.64. The number of rotatable bonds is 7. The van der Waals surface area contributed by atoms with Crippen LogP contribution in [0.2, 0.25) is 0 Å². The van der Waals surface area contributed by atoms with E-state index in [-0.39, 0.29) is 5.75 Å². The van der Waals surface area contributed by atoms with Crippen molar-refractivity contribution in [3.63, 3.8) is 0 Å². The van der Waals surface area contributed by atoms with Crippen LogP contribution < -0.4 is 14.8 Å². The minimum Gasteiger partial charge on any atom is -0.481 e. The highest BCUT2D eigenvalue weighted by Gasteiger charge is 2.32. The fraction of sp³-hybridized carbons (Fsp3) is 0.294. The minimum atomic E-state index is -3.69. The van der Waals surface area contributed by atoms with Gasteiger partial charge in [0.2, 0.25) is 21.8 Å². The second kappa shape index (κ2) is 7.62. The summed E-state index contributed by atoms with van der Waals surface area (Å²) >= 11 is 0. The summed E-state index contributed by atoms with van der Waals surface area (Å²) < 4.78 is 32.1. The predicted molar refractivity (Wildman–Crippen MR) is 95.7 cm³/mol. The lowest BCUT2D eigenvalue weighted by atomic mass is 10.1. The highest BCUT2D eigenvalue weighted by molar-refractivity contribution is 7.88. The van der Waals surface area contributed by atoms with Crippen LogP contribution in [-0.4, -0.2) is 32.0 Å². The van der Waals surface area contributed by atoms with Crippen molar-refractivity contribution in [2.24, 2.45) is 0 Å². The zero-order valence-electron chi connectivity index (χ0n) is 14.3. The van der Waals surface area contributed by atoms with E-state index in [1.165, 1.54) is 27.2 Å². The number of methoxy groups -OCH3 is 1. The largest absolute Gasteiger partial charge is 0.481 e. The van der Waals surface area contributed by atoms with Gasteiger partial charge in [0.1, 0.15) is 5.54 Å². The van der Waals surface area contributed by atoms with Crippen LogP contribution in [0.25, 0.3) is 0 Å². The topological polar surface area (TPSA) is 97.4 Å². The molecule has 1 heterocycles. The molecule has 8 heteroatoms. The first-order chi connectivity index (χ1) is 11.7. The number of amides is 1. The molecule has 0 radical (unpaired) electrons. The SMILES string of the molecule is COc1ccc(NC(=O)C(C)(C)NS(=O)(=O)Cc2ccccc2)cn1. The zero-order valence-corrected chi connectivity index (χ0v) is 15.1. The Balaban J connectivity index is 2.04. The van der Waals surface area contributed by atoms with E-state index < -0.39 is 21.5 Å². The first-order valence-electron chi connectivity index (χ1n) is 7.59. The van der Waals surface area contributed by atoms with Crippen molar-refractivity contribution in [2.75, 3.05) is 12.4 Å². The smallest absolute Gasteiger partial charge is 0.245 e. The number of hydrogen-bond acceptors (Lipinski definition) is 5. The number of ether oxygens (including phenoxy) is 1. The highest BCUT2D eigenvalue weighted by Crippen LogP contribution is 2.15. The quantitative estimate of drug-likeness (QED) is 0.783. The van der Waals surface area contributed by atoms with Gasteiger partial charge in [-0.05, 0) is 25.5 Å². The molecule has 2 aromatic rings. The molecular formula is C17H21N3O4S. The Morgan fingerprint density at radius 2 is 1.84 bits per heavy atom. The average Bonchev–Trinajstić information content (AvgIpc) is 2.55. The van der Waals surface area contributed by atoms with Crippen molar-refractivity contribution in [1.82, 2.24) is 9.71 Å². The van der Waals surface area contributed by atoms with Gasteiger partial charge in [0, 0.05) is 6.07 Å². The molecule has 1 aromatic carbocycles. The Hall–Kier alpha value is -2.45. The Labute approximate surface area is 147 Å². The number of nitrogens with zero attached hydrogens (tertiary/aromatic N) is 1. The Kier molecular flexibility index (Phi) is 5.76. The molecule has 1 amide bonds. The fourth-order valence-electron chi connectivity index (χ4n) is 2.13. The number of nitrogens with one attached hydrogen (secondary N) is 2. The van der Waals surface area contributed by atoms with Crippen molar-refractivity contribution in [2.45, 2.75) is 25.1 Å². The van der Waals surface area contributed by atoms with Crippen LogP contribution in [0.4, 0.5) is 5.69 Å². The van der Waals surface area contributed by atoms with Gasteiger partial charge in [0.05, 0.1) is 24.7 Å². The Morgan fingerprint density at radius 3 is 2.40 bits per heavy atom. The van der Waals surface area contributed by atoms with Gasteiger partial charge in [-0.2, -0.15) is 4.72 Å². The van der Waals surface area contributed by atoms with Crippen molar-refractivity contribution in [3.8, 4) is 5.88 Å². The molecule has 0 atom stereocenters. The lowest BCUT2D eigenvalue weighted by Gasteiger charge is -2.25. The summed E-state index contributed by atoms with van der Waals surface area (Å²) in [7, 11) is -2.20. The molecule has 2 rings (SSSR count). The number of aromatic nitrogens is 1. The maximum Gasteiger partial charge on any atom is 0.245 e. The summed E-state index contributed by atoms with van der Waals surface area (Å²) in [6.07, 6.45) is 1.44. The predicted octanol–water partition coefficient (Wildman–Crippen LogP) is 1.93. The van der Waals surface area contributed by atoms with E-state index in [1.807, 2.05) is 6.07 Å². The van der Waals surface area contributed by atoms with Crippen molar-refractivity contribution in [3.05, 3.63) is 54.2 Å². The van der Waals surface area contributed by atoms with E-state index >= 15 is 0 Å². The molecule has 0 saturated heterocycles. The summed E-state index contributed by atoms with van der Waals surface area (Å²) in [6.45, 7) is 3.00. The number of benzene rings is 1. The van der Waals surface area contributed by atoms with E-state index in [1.54, 1.807) is 36.4 Å². The van der Waals surface area contributed by atoms with Crippen LogP contribution in [0.3, 0.4) is 0 Å². The molecule has 0 fully saturated rings. The Morgan fingerprint density at radius 1 is 1.16 bits per heavy atom. The summed E-state index contributed by atoms with van der Waals surface area (Å²) in [6, 6.07) is 12.0. The van der Waals surface area contributed by atoms with Crippen molar-refractivity contribution >= 4 is 21.6 Å². The van der Waals surface area contributed by atoms with E-state index in [9.17, 15) is 13.2 Å². The fourth-order valence-corrected chi connectivity index (χ4v) is 3.70. The summed E-state index contributed by atoms with van der Waals surface area (Å²) in [5.41, 5.74) is -0.236. The number of carbonyl (C=O) groups excluding carboxylic acids is 1. The molecule has 0 aliphatic rings. The number of anilines is 1. The standard InChI is InChI=1S/C17H21N3O4S/c1-17(2,16(21)19-14-9-10-15(24-3)18-11-14)20-25(22,23)12-13-7-5-4-6-8-13/h4-11,20H,12H2,1-3H3,(H,19,21). The normalized spacial score (nSPS) is 11.8. The van der Waals surface area contributed by atoms with Crippen LogP contribution in [0.15, 0.2) is 48.7 Å². The average molecular weight is 363 g/mol. The zero-order chi connectivity index (χ0) is 18.5. The molecule has 7 nitrogen and oxygen atoms in total. The molecule has 0 saturated carbocycles. The molecular weight excluding hydrogens is 342 g/mol. The number of carbonyl (C=O) groups is 1. The van der Waals surface area contributed by atoms with Gasteiger partial charge >= 0.3 is 0 Å². The van der Waals surface area contributed by atoms with Crippen LogP contribution >= 0.6 is 0 Å². The molecule has 0 aliphatic carbocycles. The third-order valence-electron chi connectivity index (χ3n) is 3.38. The van der Waals surface area contributed by atoms with Crippen LogP contribution in [-0.2, 0) is 20.6 Å². The van der Waals surface area contributed by atoms with E-state index in [4.69, 9.17) is 4.74 Å². The van der Waals surface area contributed by atoms with E-state index in [0.29, 0.717) is 17.1 Å². The second-order valence-electron chi connectivity index (χ2n) is 6.02.